The zero-order valence-electron chi connectivity index (χ0n) is 20.5. The summed E-state index contributed by atoms with van der Waals surface area (Å²) in [6, 6.07) is 12.2. The predicted octanol–water partition coefficient (Wildman–Crippen LogP) is 5.66. The number of hydrogen-bond donors (Lipinski definition) is 2. The lowest BCUT2D eigenvalue weighted by molar-refractivity contribution is -0.129. The average Bonchev–Trinajstić information content (AvgIpc) is 3.33. The van der Waals surface area contributed by atoms with Crippen molar-refractivity contribution in [3.63, 3.8) is 0 Å². The maximum Gasteiger partial charge on any atom is 0.408 e. The van der Waals surface area contributed by atoms with E-state index < -0.39 is 18.2 Å². The fraction of sp³-hybridized carbons (Fsp3) is 0.519. The molecule has 2 N–H and O–H groups in total. The van der Waals surface area contributed by atoms with E-state index >= 15 is 0 Å². The second-order valence-corrected chi connectivity index (χ2v) is 10.0. The number of ketones is 1. The molecule has 0 saturated carbocycles. The molecule has 2 amide bonds. The lowest BCUT2D eigenvalue weighted by Gasteiger charge is -2.24. The molecule has 0 spiro atoms. The second-order valence-electron chi connectivity index (χ2n) is 8.99. The van der Waals surface area contributed by atoms with Gasteiger partial charge < -0.3 is 15.4 Å². The molecule has 1 aromatic carbocycles. The number of thiophene rings is 1. The first-order valence-electron chi connectivity index (χ1n) is 12.2. The molecule has 7 heteroatoms. The van der Waals surface area contributed by atoms with Crippen molar-refractivity contribution in [2.24, 2.45) is 5.92 Å². The minimum atomic E-state index is -0.758. The van der Waals surface area contributed by atoms with Crippen molar-refractivity contribution in [1.82, 2.24) is 10.6 Å². The third-order valence-electron chi connectivity index (χ3n) is 5.51. The maximum absolute atomic E-state index is 13.1. The molecular formula is C27H38N2O4S. The Morgan fingerprint density at radius 2 is 1.74 bits per heavy atom. The quantitative estimate of drug-likeness (QED) is 0.340. The van der Waals surface area contributed by atoms with E-state index in [0.717, 1.165) is 31.2 Å². The van der Waals surface area contributed by atoms with Crippen LogP contribution in [0.1, 0.15) is 69.7 Å². The molecule has 34 heavy (non-hydrogen) atoms. The number of nitrogens with one attached hydrogen (secondary N) is 2. The number of amides is 2. The highest BCUT2D eigenvalue weighted by atomic mass is 32.1. The van der Waals surface area contributed by atoms with Crippen LogP contribution in [-0.4, -0.2) is 29.9 Å². The molecular weight excluding hydrogens is 448 g/mol. The number of hydrogen-bond acceptors (Lipinski definition) is 5. The Labute approximate surface area is 207 Å². The first kappa shape index (κ1) is 27.6. The second kappa shape index (κ2) is 15.3. The first-order valence-corrected chi connectivity index (χ1v) is 13.1. The van der Waals surface area contributed by atoms with Gasteiger partial charge in [0.1, 0.15) is 12.6 Å². The van der Waals surface area contributed by atoms with Crippen molar-refractivity contribution >= 4 is 29.1 Å². The van der Waals surface area contributed by atoms with Crippen molar-refractivity contribution in [2.45, 2.75) is 84.4 Å². The summed E-state index contributed by atoms with van der Waals surface area (Å²) in [5, 5.41) is 7.66. The Bertz CT molecular complexity index is 868. The van der Waals surface area contributed by atoms with Gasteiger partial charge in [-0.25, -0.2) is 4.79 Å². The van der Waals surface area contributed by atoms with Gasteiger partial charge in [0.25, 0.3) is 0 Å². The number of carbonyl (C=O) groups is 3. The summed E-state index contributed by atoms with van der Waals surface area (Å²) in [5.41, 5.74) is 0.871. The Kier molecular flexibility index (Phi) is 12.4. The molecule has 186 valence electrons. The topological polar surface area (TPSA) is 84.5 Å². The van der Waals surface area contributed by atoms with Crippen LogP contribution in [0.3, 0.4) is 0 Å². The molecule has 1 heterocycles. The number of benzene rings is 1. The summed E-state index contributed by atoms with van der Waals surface area (Å²) in [5.74, 6) is -0.104. The van der Waals surface area contributed by atoms with E-state index in [1.165, 1.54) is 4.88 Å². The summed E-state index contributed by atoms with van der Waals surface area (Å²) >= 11 is 1.69. The highest BCUT2D eigenvalue weighted by Gasteiger charge is 2.27. The van der Waals surface area contributed by atoms with Gasteiger partial charge in [-0.2, -0.15) is 0 Å². The van der Waals surface area contributed by atoms with Crippen molar-refractivity contribution in [3.05, 3.63) is 58.3 Å². The van der Waals surface area contributed by atoms with Crippen molar-refractivity contribution in [3.8, 4) is 0 Å². The zero-order valence-corrected chi connectivity index (χ0v) is 21.4. The van der Waals surface area contributed by atoms with Crippen LogP contribution in [0.2, 0.25) is 0 Å². The molecule has 2 rings (SSSR count). The Morgan fingerprint density at radius 3 is 2.38 bits per heavy atom. The highest BCUT2D eigenvalue weighted by molar-refractivity contribution is 7.09. The first-order chi connectivity index (χ1) is 16.4. The average molecular weight is 487 g/mol. The number of unbranched alkanes of at least 4 members (excludes halogenated alkanes) is 1. The van der Waals surface area contributed by atoms with Gasteiger partial charge in [0.2, 0.25) is 5.91 Å². The van der Waals surface area contributed by atoms with Crippen LogP contribution in [0.15, 0.2) is 47.8 Å². The Hall–Kier alpha value is -2.67. The highest BCUT2D eigenvalue weighted by Crippen LogP contribution is 2.14. The summed E-state index contributed by atoms with van der Waals surface area (Å²) in [6.45, 7) is 6.17. The molecule has 0 fully saturated rings. The van der Waals surface area contributed by atoms with E-state index in [4.69, 9.17) is 4.74 Å². The monoisotopic (exact) mass is 486 g/mol. The van der Waals surface area contributed by atoms with Crippen molar-refractivity contribution < 1.29 is 19.1 Å². The summed E-state index contributed by atoms with van der Waals surface area (Å²) in [7, 11) is 0. The van der Waals surface area contributed by atoms with Gasteiger partial charge in [-0.3, -0.25) is 9.59 Å². The molecule has 0 aliphatic carbocycles. The van der Waals surface area contributed by atoms with Gasteiger partial charge in [0, 0.05) is 11.3 Å². The fourth-order valence-electron chi connectivity index (χ4n) is 3.67. The number of aryl methyl sites for hydroxylation is 1. The SMILES string of the molecule is CCCCC(NC(=O)C(CC(C)C)NC(=O)OCc1ccccc1)C(=O)CCCc1cccs1. The standard InChI is InChI=1S/C27H38N2O4S/c1-4-5-15-23(25(30)16-9-13-22-14-10-17-34-22)28-26(31)24(18-20(2)3)29-27(32)33-19-21-11-7-6-8-12-21/h6-8,10-12,14,17,20,23-24H,4-5,9,13,15-16,18-19H2,1-3H3,(H,28,31)(H,29,32). The van der Waals surface area contributed by atoms with Gasteiger partial charge in [-0.15, -0.1) is 11.3 Å². The number of Topliss-reactive ketones (excluding diaryl/α,β-unsaturated/α-hetero) is 1. The van der Waals surface area contributed by atoms with E-state index in [0.29, 0.717) is 19.3 Å². The molecule has 0 bridgehead atoms. The Morgan fingerprint density at radius 1 is 0.971 bits per heavy atom. The van der Waals surface area contributed by atoms with Crippen LogP contribution in [0.5, 0.6) is 0 Å². The molecule has 2 atom stereocenters. The molecule has 2 unspecified atom stereocenters. The summed E-state index contributed by atoms with van der Waals surface area (Å²) in [4.78, 5) is 39.7. The lowest BCUT2D eigenvalue weighted by Crippen LogP contribution is -2.52. The lowest BCUT2D eigenvalue weighted by atomic mass is 9.99. The summed E-state index contributed by atoms with van der Waals surface area (Å²) in [6.07, 6.45) is 4.26. The van der Waals surface area contributed by atoms with Crippen LogP contribution in [0, 0.1) is 5.92 Å². The number of carbonyl (C=O) groups excluding carboxylic acids is 3. The van der Waals surface area contributed by atoms with E-state index in [-0.39, 0.29) is 24.2 Å². The smallest absolute Gasteiger partial charge is 0.408 e. The summed E-state index contributed by atoms with van der Waals surface area (Å²) < 4.78 is 5.30. The van der Waals surface area contributed by atoms with Crippen molar-refractivity contribution in [2.75, 3.05) is 0 Å². The largest absolute Gasteiger partial charge is 0.445 e. The van der Waals surface area contributed by atoms with E-state index in [1.807, 2.05) is 55.6 Å². The van der Waals surface area contributed by atoms with Gasteiger partial charge in [0.15, 0.2) is 5.78 Å². The third-order valence-corrected chi connectivity index (χ3v) is 6.44. The van der Waals surface area contributed by atoms with E-state index in [2.05, 4.69) is 23.6 Å². The maximum atomic E-state index is 13.1. The molecule has 0 radical (unpaired) electrons. The fourth-order valence-corrected chi connectivity index (χ4v) is 4.42. The van der Waals surface area contributed by atoms with Gasteiger partial charge in [-0.05, 0) is 48.6 Å². The zero-order chi connectivity index (χ0) is 24.8. The van der Waals surface area contributed by atoms with Crippen LogP contribution < -0.4 is 10.6 Å². The van der Waals surface area contributed by atoms with Crippen LogP contribution in [0.25, 0.3) is 0 Å². The molecule has 0 aliphatic heterocycles. The number of ether oxygens (including phenoxy) is 1. The number of rotatable bonds is 15. The minimum Gasteiger partial charge on any atom is -0.445 e. The third kappa shape index (κ3) is 10.5. The van der Waals surface area contributed by atoms with Crippen LogP contribution >= 0.6 is 11.3 Å². The molecule has 0 aliphatic rings. The molecule has 1 aromatic heterocycles. The van der Waals surface area contributed by atoms with Crippen molar-refractivity contribution in [1.29, 1.82) is 0 Å². The van der Waals surface area contributed by atoms with Gasteiger partial charge >= 0.3 is 6.09 Å². The van der Waals surface area contributed by atoms with E-state index in [9.17, 15) is 14.4 Å². The molecule has 6 nitrogen and oxygen atoms in total. The minimum absolute atomic E-state index is 0.0494. The van der Waals surface area contributed by atoms with Crippen LogP contribution in [0.4, 0.5) is 4.79 Å². The Balaban J connectivity index is 1.93. The number of alkyl carbamates (subject to hydrolysis) is 1. The van der Waals surface area contributed by atoms with E-state index in [1.54, 1.807) is 11.3 Å². The molecule has 2 aromatic rings. The predicted molar refractivity (Wildman–Crippen MR) is 137 cm³/mol. The van der Waals surface area contributed by atoms with Crippen LogP contribution in [-0.2, 0) is 27.4 Å². The molecule has 0 saturated heterocycles. The van der Waals surface area contributed by atoms with Gasteiger partial charge in [-0.1, -0.05) is 70.0 Å². The normalized spacial score (nSPS) is 12.7. The van der Waals surface area contributed by atoms with Gasteiger partial charge in [0.05, 0.1) is 6.04 Å².